The van der Waals surface area contributed by atoms with Crippen LogP contribution in [-0.2, 0) is 14.3 Å². The van der Waals surface area contributed by atoms with Gasteiger partial charge in [-0.25, -0.2) is 0 Å². The van der Waals surface area contributed by atoms with Crippen molar-refractivity contribution in [3.63, 3.8) is 0 Å². The molecule has 0 saturated heterocycles. The number of hydrogen-bond acceptors (Lipinski definition) is 5. The SMILES string of the molecule is CCCCC/C=C\C/C=C\C/C=C\CCCCCCC(CC(=O)NC(CO)C(O)CCCCCCCCCCCCCCCCCC)OC(=O)CCCCCCC/C=C\CCCCC. The lowest BCUT2D eigenvalue weighted by molar-refractivity contribution is -0.151. The number of hydrogen-bond donors (Lipinski definition) is 3. The quantitative estimate of drug-likeness (QED) is 0.0321. The predicted molar refractivity (Wildman–Crippen MR) is 278 cm³/mol. The van der Waals surface area contributed by atoms with Crippen LogP contribution >= 0.6 is 0 Å². The Labute approximate surface area is 397 Å². The molecule has 374 valence electrons. The number of allylic oxidation sites excluding steroid dienone is 8. The van der Waals surface area contributed by atoms with Gasteiger partial charge in [0, 0.05) is 6.42 Å². The van der Waals surface area contributed by atoms with Gasteiger partial charge in [0.25, 0.3) is 0 Å². The molecule has 0 spiro atoms. The maximum Gasteiger partial charge on any atom is 0.306 e. The van der Waals surface area contributed by atoms with Crippen molar-refractivity contribution in [3.05, 3.63) is 48.6 Å². The van der Waals surface area contributed by atoms with E-state index >= 15 is 0 Å². The van der Waals surface area contributed by atoms with Gasteiger partial charge in [0.15, 0.2) is 0 Å². The number of nitrogens with one attached hydrogen (secondary N) is 1. The van der Waals surface area contributed by atoms with Crippen molar-refractivity contribution in [1.29, 1.82) is 0 Å². The van der Waals surface area contributed by atoms with Gasteiger partial charge in [-0.15, -0.1) is 0 Å². The normalized spacial score (nSPS) is 13.5. The molecule has 0 aromatic carbocycles. The Morgan fingerprint density at radius 1 is 0.453 bits per heavy atom. The van der Waals surface area contributed by atoms with Gasteiger partial charge >= 0.3 is 5.97 Å². The van der Waals surface area contributed by atoms with E-state index < -0.39 is 18.2 Å². The molecule has 0 aliphatic carbocycles. The van der Waals surface area contributed by atoms with Crippen LogP contribution in [0.1, 0.15) is 284 Å². The van der Waals surface area contributed by atoms with Crippen molar-refractivity contribution in [2.75, 3.05) is 6.61 Å². The monoisotopic (exact) mass is 898 g/mol. The molecule has 0 aromatic rings. The lowest BCUT2D eigenvalue weighted by Gasteiger charge is -2.24. The lowest BCUT2D eigenvalue weighted by atomic mass is 10.0. The molecule has 6 heteroatoms. The summed E-state index contributed by atoms with van der Waals surface area (Å²) in [5.41, 5.74) is 0. The maximum absolute atomic E-state index is 13.2. The second-order valence-electron chi connectivity index (χ2n) is 19.0. The predicted octanol–water partition coefficient (Wildman–Crippen LogP) is 17.0. The van der Waals surface area contributed by atoms with E-state index in [0.717, 1.165) is 89.9 Å². The first-order valence-corrected chi connectivity index (χ1v) is 27.9. The molecule has 0 fully saturated rings. The second kappa shape index (κ2) is 51.8. The molecule has 0 heterocycles. The average molecular weight is 898 g/mol. The number of aliphatic hydroxyl groups is 2. The summed E-state index contributed by atoms with van der Waals surface area (Å²) in [6, 6.07) is -0.711. The molecule has 0 aromatic heterocycles. The minimum absolute atomic E-state index is 0.0604. The highest BCUT2D eigenvalue weighted by Crippen LogP contribution is 2.18. The fourth-order valence-corrected chi connectivity index (χ4v) is 8.37. The Morgan fingerprint density at radius 3 is 1.25 bits per heavy atom. The van der Waals surface area contributed by atoms with Crippen LogP contribution in [0.2, 0.25) is 0 Å². The molecule has 0 rings (SSSR count). The van der Waals surface area contributed by atoms with E-state index in [9.17, 15) is 19.8 Å². The number of carbonyl (C=O) groups excluding carboxylic acids is 2. The van der Waals surface area contributed by atoms with Gasteiger partial charge in [-0.3, -0.25) is 9.59 Å². The van der Waals surface area contributed by atoms with Gasteiger partial charge in [-0.05, 0) is 89.9 Å². The highest BCUT2D eigenvalue weighted by atomic mass is 16.5. The van der Waals surface area contributed by atoms with Crippen LogP contribution in [0.25, 0.3) is 0 Å². The van der Waals surface area contributed by atoms with Crippen molar-refractivity contribution in [2.24, 2.45) is 0 Å². The Hall–Kier alpha value is -2.18. The summed E-state index contributed by atoms with van der Waals surface area (Å²) >= 11 is 0. The standard InChI is InChI=1S/C58H107NO5/c1-4-7-10-13-16-19-22-25-27-29-30-32-34-37-40-43-46-49-54(64-58(63)51-48-45-42-39-36-24-21-18-15-12-9-6-3)52-57(62)59-55(53-60)56(61)50-47-44-41-38-35-33-31-28-26-23-20-17-14-11-8-5-2/h16,18-19,21,25,27,30,32,54-56,60-61H,4-15,17,20,22-24,26,28-29,31,33-53H2,1-3H3,(H,59,62)/b19-16-,21-18-,27-25-,32-30-. The molecule has 3 unspecified atom stereocenters. The van der Waals surface area contributed by atoms with E-state index in [2.05, 4.69) is 74.7 Å². The molecule has 0 radical (unpaired) electrons. The summed E-state index contributed by atoms with van der Waals surface area (Å²) in [6.45, 7) is 6.45. The van der Waals surface area contributed by atoms with Crippen molar-refractivity contribution < 1.29 is 24.5 Å². The molecule has 6 nitrogen and oxygen atoms in total. The summed E-state index contributed by atoms with van der Waals surface area (Å²) in [4.78, 5) is 26.2. The van der Waals surface area contributed by atoms with E-state index in [4.69, 9.17) is 4.74 Å². The minimum atomic E-state index is -0.796. The number of aliphatic hydroxyl groups excluding tert-OH is 2. The topological polar surface area (TPSA) is 95.9 Å². The number of unbranched alkanes of at least 4 members (excludes halogenated alkanes) is 30. The van der Waals surface area contributed by atoms with Gasteiger partial charge in [0.1, 0.15) is 6.10 Å². The molecule has 64 heavy (non-hydrogen) atoms. The van der Waals surface area contributed by atoms with Crippen molar-refractivity contribution in [2.45, 2.75) is 302 Å². The zero-order valence-electron chi connectivity index (χ0n) is 42.7. The zero-order valence-corrected chi connectivity index (χ0v) is 42.7. The highest BCUT2D eigenvalue weighted by Gasteiger charge is 2.24. The molecule has 1 amide bonds. The molecular formula is C58H107NO5. The molecule has 3 atom stereocenters. The summed E-state index contributed by atoms with van der Waals surface area (Å²) in [7, 11) is 0. The van der Waals surface area contributed by atoms with E-state index in [0.29, 0.717) is 19.3 Å². The third-order valence-corrected chi connectivity index (χ3v) is 12.6. The summed E-state index contributed by atoms with van der Waals surface area (Å²) < 4.78 is 5.93. The number of amides is 1. The lowest BCUT2D eigenvalue weighted by Crippen LogP contribution is -2.46. The Kier molecular flexibility index (Phi) is 50.0. The smallest absolute Gasteiger partial charge is 0.306 e. The third-order valence-electron chi connectivity index (χ3n) is 12.6. The van der Waals surface area contributed by atoms with Gasteiger partial charge in [-0.2, -0.15) is 0 Å². The Morgan fingerprint density at radius 2 is 0.797 bits per heavy atom. The average Bonchev–Trinajstić information content (AvgIpc) is 3.29. The van der Waals surface area contributed by atoms with Gasteiger partial charge < -0.3 is 20.3 Å². The summed E-state index contributed by atoms with van der Waals surface area (Å²) in [5, 5.41) is 23.9. The molecular weight excluding hydrogens is 791 g/mol. The fourth-order valence-electron chi connectivity index (χ4n) is 8.37. The largest absolute Gasteiger partial charge is 0.462 e. The van der Waals surface area contributed by atoms with Crippen LogP contribution in [-0.4, -0.2) is 46.9 Å². The number of carbonyl (C=O) groups is 2. The number of rotatable bonds is 50. The summed E-state index contributed by atoms with van der Waals surface area (Å²) in [5.74, 6) is -0.498. The molecule has 0 aliphatic heterocycles. The maximum atomic E-state index is 13.2. The fraction of sp³-hybridized carbons (Fsp3) is 0.828. The van der Waals surface area contributed by atoms with Crippen LogP contribution in [0.4, 0.5) is 0 Å². The van der Waals surface area contributed by atoms with Crippen LogP contribution in [0, 0.1) is 0 Å². The molecule has 0 saturated carbocycles. The van der Waals surface area contributed by atoms with Crippen LogP contribution in [0.3, 0.4) is 0 Å². The molecule has 0 bridgehead atoms. The second-order valence-corrected chi connectivity index (χ2v) is 19.0. The summed E-state index contributed by atoms with van der Waals surface area (Å²) in [6.07, 6.45) is 63.1. The third kappa shape index (κ3) is 46.4. The van der Waals surface area contributed by atoms with Gasteiger partial charge in [0.05, 0.1) is 25.2 Å². The Balaban J connectivity index is 4.59. The minimum Gasteiger partial charge on any atom is -0.462 e. The van der Waals surface area contributed by atoms with Crippen LogP contribution in [0.15, 0.2) is 48.6 Å². The van der Waals surface area contributed by atoms with Crippen molar-refractivity contribution >= 4 is 11.9 Å². The van der Waals surface area contributed by atoms with Crippen LogP contribution in [0.5, 0.6) is 0 Å². The van der Waals surface area contributed by atoms with Gasteiger partial charge in [0.2, 0.25) is 5.91 Å². The van der Waals surface area contributed by atoms with E-state index in [-0.39, 0.29) is 24.9 Å². The number of ether oxygens (including phenoxy) is 1. The van der Waals surface area contributed by atoms with Crippen molar-refractivity contribution in [1.82, 2.24) is 5.32 Å². The van der Waals surface area contributed by atoms with E-state index in [1.807, 2.05) is 0 Å². The van der Waals surface area contributed by atoms with E-state index in [1.54, 1.807) is 0 Å². The first-order valence-electron chi connectivity index (χ1n) is 27.9. The molecule has 0 aliphatic rings. The zero-order chi connectivity index (χ0) is 46.7. The highest BCUT2D eigenvalue weighted by molar-refractivity contribution is 5.77. The van der Waals surface area contributed by atoms with E-state index in [1.165, 1.54) is 148 Å². The van der Waals surface area contributed by atoms with Crippen LogP contribution < -0.4 is 5.32 Å². The number of esters is 1. The van der Waals surface area contributed by atoms with Crippen molar-refractivity contribution in [3.8, 4) is 0 Å². The Bertz CT molecular complexity index is 1100. The first-order chi connectivity index (χ1) is 31.5. The van der Waals surface area contributed by atoms with Gasteiger partial charge in [-0.1, -0.05) is 230 Å². The molecule has 3 N–H and O–H groups in total. The first kappa shape index (κ1) is 61.8.